The van der Waals surface area contributed by atoms with Gasteiger partial charge in [-0.25, -0.2) is 0 Å². The van der Waals surface area contributed by atoms with Crippen LogP contribution in [0.3, 0.4) is 0 Å². The number of nitrogens with one attached hydrogen (secondary N) is 1. The minimum Gasteiger partial charge on any atom is -0.368 e. The maximum atomic E-state index is 5.60. The summed E-state index contributed by atoms with van der Waals surface area (Å²) in [6.45, 7) is 0. The van der Waals surface area contributed by atoms with Gasteiger partial charge in [-0.05, 0) is 17.5 Å². The van der Waals surface area contributed by atoms with Gasteiger partial charge in [-0.3, -0.25) is 0 Å². The summed E-state index contributed by atoms with van der Waals surface area (Å²) >= 11 is 1.57. The van der Waals surface area contributed by atoms with Crippen LogP contribution in [0.4, 0.5) is 22.8 Å². The van der Waals surface area contributed by atoms with Crippen molar-refractivity contribution in [1.29, 1.82) is 0 Å². The maximum absolute atomic E-state index is 5.60. The third kappa shape index (κ3) is 2.37. The zero-order valence-corrected chi connectivity index (χ0v) is 9.82. The van der Waals surface area contributed by atoms with E-state index in [0.717, 1.165) is 5.00 Å². The highest BCUT2D eigenvalue weighted by Crippen LogP contribution is 2.20. The molecule has 0 atom stereocenters. The van der Waals surface area contributed by atoms with Crippen molar-refractivity contribution in [1.82, 2.24) is 15.0 Å². The molecule has 0 spiro atoms. The molecule has 0 aromatic carbocycles. The molecule has 84 valence electrons. The summed E-state index contributed by atoms with van der Waals surface area (Å²) < 4.78 is 0. The topological polar surface area (TPSA) is 80.0 Å². The summed E-state index contributed by atoms with van der Waals surface area (Å²) in [4.78, 5) is 14.0. The quantitative estimate of drug-likeness (QED) is 0.836. The normalized spacial score (nSPS) is 10.1. The first-order valence-corrected chi connectivity index (χ1v) is 5.52. The Morgan fingerprint density at radius 3 is 2.75 bits per heavy atom. The van der Waals surface area contributed by atoms with Gasteiger partial charge in [0.1, 0.15) is 0 Å². The second-order valence-corrected chi connectivity index (χ2v) is 4.26. The molecular weight excluding hydrogens is 224 g/mol. The molecule has 0 radical (unpaired) electrons. The van der Waals surface area contributed by atoms with Crippen molar-refractivity contribution in [3.63, 3.8) is 0 Å². The highest BCUT2D eigenvalue weighted by molar-refractivity contribution is 7.14. The van der Waals surface area contributed by atoms with Crippen LogP contribution < -0.4 is 16.0 Å². The summed E-state index contributed by atoms with van der Waals surface area (Å²) in [7, 11) is 3.70. The molecule has 0 unspecified atom stereocenters. The van der Waals surface area contributed by atoms with Crippen molar-refractivity contribution in [2.75, 3.05) is 30.0 Å². The largest absolute Gasteiger partial charge is 0.368 e. The van der Waals surface area contributed by atoms with Crippen LogP contribution in [0, 0.1) is 0 Å². The first-order valence-electron chi connectivity index (χ1n) is 4.64. The summed E-state index contributed by atoms with van der Waals surface area (Å²) in [5.41, 5.74) is 5.60. The lowest BCUT2D eigenvalue weighted by molar-refractivity contribution is 0.970. The minimum absolute atomic E-state index is 0.206. The number of nitrogens with two attached hydrogens (primary N) is 1. The molecule has 0 saturated carbocycles. The molecule has 0 aliphatic rings. The van der Waals surface area contributed by atoms with Gasteiger partial charge in [-0.15, -0.1) is 11.3 Å². The van der Waals surface area contributed by atoms with Gasteiger partial charge in [0.05, 0.1) is 5.00 Å². The van der Waals surface area contributed by atoms with Crippen LogP contribution in [0.5, 0.6) is 0 Å². The van der Waals surface area contributed by atoms with Gasteiger partial charge < -0.3 is 16.0 Å². The predicted molar refractivity (Wildman–Crippen MR) is 66.2 cm³/mol. The van der Waals surface area contributed by atoms with Gasteiger partial charge >= 0.3 is 0 Å². The Morgan fingerprint density at radius 1 is 1.31 bits per heavy atom. The van der Waals surface area contributed by atoms with E-state index < -0.39 is 0 Å². The van der Waals surface area contributed by atoms with Crippen LogP contribution in [-0.2, 0) is 0 Å². The van der Waals surface area contributed by atoms with Crippen LogP contribution in [0.2, 0.25) is 0 Å². The number of nitrogen functional groups attached to an aromatic ring is 1. The van der Waals surface area contributed by atoms with E-state index in [1.165, 1.54) is 0 Å². The molecule has 0 aliphatic carbocycles. The first-order chi connectivity index (χ1) is 7.65. The Bertz CT molecular complexity index is 467. The molecule has 0 saturated heterocycles. The van der Waals surface area contributed by atoms with E-state index in [4.69, 9.17) is 5.73 Å². The van der Waals surface area contributed by atoms with E-state index in [2.05, 4.69) is 20.3 Å². The molecular formula is C9H12N6S. The van der Waals surface area contributed by atoms with Crippen molar-refractivity contribution in [2.24, 2.45) is 0 Å². The average molecular weight is 236 g/mol. The monoisotopic (exact) mass is 236 g/mol. The van der Waals surface area contributed by atoms with Crippen LogP contribution in [0.25, 0.3) is 0 Å². The standard InChI is InChI=1S/C9H12N6S/c1-15(2)9-13-7(10)12-8(14-9)11-6-4-3-5-16-6/h3-5H,1-2H3,(H3,10,11,12,13,14). The number of anilines is 4. The second kappa shape index (κ2) is 4.31. The summed E-state index contributed by atoms with van der Waals surface area (Å²) in [6, 6.07) is 3.89. The first kappa shape index (κ1) is 10.6. The van der Waals surface area contributed by atoms with Gasteiger partial charge in [0.2, 0.25) is 17.8 Å². The smallest absolute Gasteiger partial charge is 0.234 e. The SMILES string of the molecule is CN(C)c1nc(N)nc(Nc2cccs2)n1. The van der Waals surface area contributed by atoms with Crippen LogP contribution in [-0.4, -0.2) is 29.0 Å². The van der Waals surface area contributed by atoms with Crippen molar-refractivity contribution in [3.05, 3.63) is 17.5 Å². The number of rotatable bonds is 3. The van der Waals surface area contributed by atoms with Crippen molar-refractivity contribution < 1.29 is 0 Å². The zero-order chi connectivity index (χ0) is 11.5. The summed E-state index contributed by atoms with van der Waals surface area (Å²) in [6.07, 6.45) is 0. The molecule has 2 rings (SSSR count). The Morgan fingerprint density at radius 2 is 2.12 bits per heavy atom. The Balaban J connectivity index is 2.27. The molecule has 0 bridgehead atoms. The molecule has 6 nitrogen and oxygen atoms in total. The molecule has 0 fully saturated rings. The van der Waals surface area contributed by atoms with Gasteiger partial charge in [0.25, 0.3) is 0 Å². The number of nitrogens with zero attached hydrogens (tertiary/aromatic N) is 4. The van der Waals surface area contributed by atoms with Crippen molar-refractivity contribution in [3.8, 4) is 0 Å². The van der Waals surface area contributed by atoms with E-state index in [1.54, 1.807) is 16.2 Å². The van der Waals surface area contributed by atoms with Gasteiger partial charge in [0.15, 0.2) is 0 Å². The van der Waals surface area contributed by atoms with Crippen molar-refractivity contribution >= 4 is 34.2 Å². The molecule has 2 aromatic heterocycles. The third-order valence-electron chi connectivity index (χ3n) is 1.80. The molecule has 2 heterocycles. The third-order valence-corrected chi connectivity index (χ3v) is 2.58. The molecule has 0 amide bonds. The number of hydrogen-bond donors (Lipinski definition) is 2. The van der Waals surface area contributed by atoms with Crippen LogP contribution in [0.15, 0.2) is 17.5 Å². The molecule has 7 heteroatoms. The highest BCUT2D eigenvalue weighted by atomic mass is 32.1. The highest BCUT2D eigenvalue weighted by Gasteiger charge is 2.06. The average Bonchev–Trinajstić information content (AvgIpc) is 2.69. The number of aromatic nitrogens is 3. The molecule has 16 heavy (non-hydrogen) atoms. The minimum atomic E-state index is 0.206. The maximum Gasteiger partial charge on any atom is 0.234 e. The van der Waals surface area contributed by atoms with E-state index in [9.17, 15) is 0 Å². The molecule has 2 aromatic rings. The fourth-order valence-corrected chi connectivity index (χ4v) is 1.71. The fourth-order valence-electron chi connectivity index (χ4n) is 1.10. The fraction of sp³-hybridized carbons (Fsp3) is 0.222. The Labute approximate surface area is 97.2 Å². The molecule has 0 aliphatic heterocycles. The summed E-state index contributed by atoms with van der Waals surface area (Å²) in [5, 5.41) is 6.01. The lowest BCUT2D eigenvalue weighted by atomic mass is 10.6. The Hall–Kier alpha value is -1.89. The predicted octanol–water partition coefficient (Wildman–Crippen LogP) is 1.32. The van der Waals surface area contributed by atoms with Gasteiger partial charge in [0, 0.05) is 14.1 Å². The van der Waals surface area contributed by atoms with Crippen molar-refractivity contribution in [2.45, 2.75) is 0 Å². The zero-order valence-electron chi connectivity index (χ0n) is 9.01. The van der Waals surface area contributed by atoms with E-state index in [0.29, 0.717) is 11.9 Å². The lowest BCUT2D eigenvalue weighted by Gasteiger charge is -2.11. The van der Waals surface area contributed by atoms with Crippen LogP contribution in [0.1, 0.15) is 0 Å². The molecule has 3 N–H and O–H groups in total. The summed E-state index contributed by atoms with van der Waals surface area (Å²) in [5.74, 6) is 1.20. The Kier molecular flexibility index (Phi) is 2.86. The number of thiophene rings is 1. The van der Waals surface area contributed by atoms with Gasteiger partial charge in [-0.1, -0.05) is 0 Å². The lowest BCUT2D eigenvalue weighted by Crippen LogP contribution is -2.15. The van der Waals surface area contributed by atoms with Gasteiger partial charge in [-0.2, -0.15) is 15.0 Å². The van der Waals surface area contributed by atoms with Crippen LogP contribution >= 0.6 is 11.3 Å². The van der Waals surface area contributed by atoms with E-state index in [-0.39, 0.29) is 5.95 Å². The van der Waals surface area contributed by atoms with E-state index in [1.807, 2.05) is 31.6 Å². The number of hydrogen-bond acceptors (Lipinski definition) is 7. The second-order valence-electron chi connectivity index (χ2n) is 3.31. The van der Waals surface area contributed by atoms with E-state index >= 15 is 0 Å².